The number of benzene rings is 2. The molecule has 0 spiro atoms. The van der Waals surface area contributed by atoms with Crippen molar-refractivity contribution in [2.24, 2.45) is 0 Å². The van der Waals surface area contributed by atoms with E-state index in [0.717, 1.165) is 18.9 Å². The summed E-state index contributed by atoms with van der Waals surface area (Å²) in [5.41, 5.74) is 1.04. The third-order valence-corrected chi connectivity index (χ3v) is 2.87. The van der Waals surface area contributed by atoms with Gasteiger partial charge in [-0.2, -0.15) is 0 Å². The fourth-order valence-electron chi connectivity index (χ4n) is 1.91. The van der Waals surface area contributed by atoms with Crippen molar-refractivity contribution in [3.8, 4) is 5.75 Å². The molecule has 1 heterocycles. The van der Waals surface area contributed by atoms with Crippen LogP contribution in [-0.4, -0.2) is 22.6 Å². The van der Waals surface area contributed by atoms with E-state index in [2.05, 4.69) is 4.98 Å². The maximum Gasteiger partial charge on any atom is 0.318 e. The topological polar surface area (TPSA) is 53.4 Å². The van der Waals surface area contributed by atoms with Crippen LogP contribution in [0.1, 0.15) is 5.56 Å². The number of nitrogens with zero attached hydrogens (tertiary/aromatic N) is 1. The van der Waals surface area contributed by atoms with Gasteiger partial charge in [0.2, 0.25) is 0 Å². The van der Waals surface area contributed by atoms with E-state index < -0.39 is 11.6 Å². The molecule has 1 aromatic heterocycles. The molecule has 0 bridgehead atoms. The van der Waals surface area contributed by atoms with Crippen molar-refractivity contribution >= 4 is 24.5 Å². The lowest BCUT2D eigenvalue weighted by Gasteiger charge is -1.96. The first-order valence-electron chi connectivity index (χ1n) is 6.73. The minimum atomic E-state index is -0.632. The lowest BCUT2D eigenvalue weighted by atomic mass is 10.0. The second-order valence-corrected chi connectivity index (χ2v) is 4.56. The molecule has 0 unspecified atom stereocenters. The number of fused-ring (bicyclic) bond motifs is 1. The molecule has 2 N–H and O–H groups in total. The first kappa shape index (κ1) is 16.6. The van der Waals surface area contributed by atoms with Gasteiger partial charge < -0.3 is 10.1 Å². The van der Waals surface area contributed by atoms with Crippen molar-refractivity contribution in [3.05, 3.63) is 77.9 Å². The van der Waals surface area contributed by atoms with E-state index >= 15 is 0 Å². The van der Waals surface area contributed by atoms with Crippen LogP contribution in [-0.2, 0) is 0 Å². The summed E-state index contributed by atoms with van der Waals surface area (Å²) in [6.45, 7) is 0. The van der Waals surface area contributed by atoms with E-state index in [-0.39, 0.29) is 5.75 Å². The molecule has 23 heavy (non-hydrogen) atoms. The molecule has 0 aliphatic carbocycles. The summed E-state index contributed by atoms with van der Waals surface area (Å²) in [6.07, 6.45) is 3.06. The average Bonchev–Trinajstić information content (AvgIpc) is 2.53. The number of phenols is 1. The molecule has 0 amide bonds. The summed E-state index contributed by atoms with van der Waals surface area (Å²) < 4.78 is 25.0. The number of hydrogen-bond donors (Lipinski definition) is 2. The summed E-state index contributed by atoms with van der Waals surface area (Å²) in [7, 11) is 0.794. The average molecular weight is 312 g/mol. The van der Waals surface area contributed by atoms with E-state index in [1.807, 2.05) is 18.2 Å². The zero-order chi connectivity index (χ0) is 16.7. The summed E-state index contributed by atoms with van der Waals surface area (Å²) in [5.74, 6) is 0.261. The van der Waals surface area contributed by atoms with Crippen LogP contribution < -0.4 is 0 Å². The summed E-state index contributed by atoms with van der Waals surface area (Å²) in [6, 6.07) is 12.3. The van der Waals surface area contributed by atoms with Crippen LogP contribution in [0, 0.1) is 11.6 Å². The van der Waals surface area contributed by atoms with Gasteiger partial charge in [0.25, 0.3) is 0 Å². The largest absolute Gasteiger partial charge is 0.506 e. The molecule has 115 valence electrons. The van der Waals surface area contributed by atoms with Gasteiger partial charge in [-0.15, -0.1) is 0 Å². The number of aromatic hydroxyl groups is 1. The van der Waals surface area contributed by atoms with Gasteiger partial charge in [-0.25, -0.2) is 8.78 Å². The van der Waals surface area contributed by atoms with Crippen LogP contribution in [0.5, 0.6) is 5.75 Å². The van der Waals surface area contributed by atoms with Crippen LogP contribution in [0.4, 0.5) is 8.78 Å². The Morgan fingerprint density at radius 2 is 1.70 bits per heavy atom. The third kappa shape index (κ3) is 4.90. The molecule has 0 fully saturated rings. The number of aromatic nitrogens is 1. The zero-order valence-electron chi connectivity index (χ0n) is 12.0. The van der Waals surface area contributed by atoms with Crippen molar-refractivity contribution in [2.45, 2.75) is 0 Å². The highest BCUT2D eigenvalue weighted by Crippen LogP contribution is 2.20. The quantitative estimate of drug-likeness (QED) is 0.712. The lowest BCUT2D eigenvalue weighted by molar-refractivity contribution is 0.480. The smallest absolute Gasteiger partial charge is 0.318 e. The molecule has 3 aromatic rings. The third-order valence-electron chi connectivity index (χ3n) is 2.87. The Bertz CT molecular complexity index is 799. The Morgan fingerprint density at radius 3 is 2.35 bits per heavy atom. The first-order valence-corrected chi connectivity index (χ1v) is 6.73. The standard InChI is InChI=1S/C9H7NO.C8H6BF2O/c11-8-5-1-3-7-4-2-6-10-9(7)8;10-7-3-6(1-2-9-12)4-8(11)5-7/h1-6,11H;1-5,12H. The normalized spacial score (nSPS) is 10.4. The highest BCUT2D eigenvalue weighted by atomic mass is 19.1. The van der Waals surface area contributed by atoms with Crippen molar-refractivity contribution in [1.29, 1.82) is 0 Å². The molecule has 0 saturated carbocycles. The zero-order valence-corrected chi connectivity index (χ0v) is 12.0. The first-order chi connectivity index (χ1) is 11.1. The molecule has 0 saturated heterocycles. The Kier molecular flexibility index (Phi) is 5.83. The van der Waals surface area contributed by atoms with E-state index in [9.17, 15) is 13.9 Å². The fraction of sp³-hybridized carbons (Fsp3) is 0. The summed E-state index contributed by atoms with van der Waals surface area (Å²) in [5, 5.41) is 18.5. The van der Waals surface area contributed by atoms with Crippen molar-refractivity contribution in [2.75, 3.05) is 0 Å². The molecular weight excluding hydrogens is 299 g/mol. The molecule has 6 heteroatoms. The minimum Gasteiger partial charge on any atom is -0.506 e. The van der Waals surface area contributed by atoms with Gasteiger partial charge in [-0.1, -0.05) is 30.3 Å². The van der Waals surface area contributed by atoms with E-state index in [1.54, 1.807) is 18.3 Å². The Balaban J connectivity index is 0.000000167. The summed E-state index contributed by atoms with van der Waals surface area (Å²) >= 11 is 0. The van der Waals surface area contributed by atoms with Crippen LogP contribution in [0.2, 0.25) is 0 Å². The maximum absolute atomic E-state index is 12.5. The molecular formula is C17H13BF2NO2. The molecule has 0 aliphatic rings. The summed E-state index contributed by atoms with van der Waals surface area (Å²) in [4.78, 5) is 4.03. The molecule has 0 atom stereocenters. The van der Waals surface area contributed by atoms with Gasteiger partial charge in [0, 0.05) is 17.6 Å². The predicted molar refractivity (Wildman–Crippen MR) is 86.8 cm³/mol. The van der Waals surface area contributed by atoms with Gasteiger partial charge in [-0.3, -0.25) is 4.98 Å². The second-order valence-electron chi connectivity index (χ2n) is 4.56. The van der Waals surface area contributed by atoms with Crippen LogP contribution in [0.3, 0.4) is 0 Å². The molecule has 0 aliphatic heterocycles. The number of halogens is 2. The number of pyridine rings is 1. The monoisotopic (exact) mass is 312 g/mol. The number of phenolic OH excluding ortho intramolecular Hbond substituents is 1. The van der Waals surface area contributed by atoms with Crippen LogP contribution in [0.15, 0.2) is 60.7 Å². The Morgan fingerprint density at radius 1 is 1.00 bits per heavy atom. The number of rotatable bonds is 2. The van der Waals surface area contributed by atoms with Gasteiger partial charge in [0.15, 0.2) is 0 Å². The van der Waals surface area contributed by atoms with E-state index in [0.29, 0.717) is 11.1 Å². The lowest BCUT2D eigenvalue weighted by Crippen LogP contribution is -1.83. The van der Waals surface area contributed by atoms with Gasteiger partial charge >= 0.3 is 7.48 Å². The SMILES string of the molecule is O[B]C=Cc1cc(F)cc(F)c1.Oc1cccc2cccnc12. The van der Waals surface area contributed by atoms with Gasteiger partial charge in [-0.05, 0) is 29.8 Å². The number of hydrogen-bond acceptors (Lipinski definition) is 3. The highest BCUT2D eigenvalue weighted by molar-refractivity contribution is 6.34. The van der Waals surface area contributed by atoms with Crippen LogP contribution in [0.25, 0.3) is 17.0 Å². The molecule has 2 aromatic carbocycles. The maximum atomic E-state index is 12.5. The van der Waals surface area contributed by atoms with Crippen LogP contribution >= 0.6 is 0 Å². The second kappa shape index (κ2) is 8.05. The predicted octanol–water partition coefficient (Wildman–Crippen LogP) is 3.49. The van der Waals surface area contributed by atoms with Crippen molar-refractivity contribution in [1.82, 2.24) is 4.98 Å². The van der Waals surface area contributed by atoms with E-state index in [4.69, 9.17) is 5.02 Å². The highest BCUT2D eigenvalue weighted by Gasteiger charge is 1.97. The van der Waals surface area contributed by atoms with Gasteiger partial charge in [0.05, 0.1) is 0 Å². The molecule has 3 rings (SSSR count). The fourth-order valence-corrected chi connectivity index (χ4v) is 1.91. The molecule has 3 nitrogen and oxygen atoms in total. The van der Waals surface area contributed by atoms with Crippen molar-refractivity contribution < 1.29 is 18.9 Å². The Hall–Kier alpha value is -2.73. The minimum absolute atomic E-state index is 0.239. The van der Waals surface area contributed by atoms with E-state index in [1.165, 1.54) is 24.2 Å². The Labute approximate surface area is 132 Å². The molecule has 1 radical (unpaired) electrons. The van der Waals surface area contributed by atoms with Crippen molar-refractivity contribution in [3.63, 3.8) is 0 Å². The number of para-hydroxylation sites is 1. The van der Waals surface area contributed by atoms with Gasteiger partial charge in [0.1, 0.15) is 22.9 Å².